The summed E-state index contributed by atoms with van der Waals surface area (Å²) in [5.74, 6) is -0.580. The Hall–Kier alpha value is -2.87. The van der Waals surface area contributed by atoms with Gasteiger partial charge in [-0.05, 0) is 43.2 Å². The Labute approximate surface area is 158 Å². The summed E-state index contributed by atoms with van der Waals surface area (Å²) >= 11 is 0. The van der Waals surface area contributed by atoms with Crippen molar-refractivity contribution in [2.45, 2.75) is 31.6 Å². The first kappa shape index (κ1) is 18.9. The third-order valence-corrected chi connectivity index (χ3v) is 5.83. The highest BCUT2D eigenvalue weighted by molar-refractivity contribution is 7.92. The van der Waals surface area contributed by atoms with Gasteiger partial charge in [-0.2, -0.15) is 0 Å². The minimum Gasteiger partial charge on any atom is -0.495 e. The molecule has 142 valence electrons. The molecule has 1 fully saturated rings. The lowest BCUT2D eigenvalue weighted by atomic mass is 10.1. The van der Waals surface area contributed by atoms with Crippen molar-refractivity contribution in [1.82, 2.24) is 0 Å². The van der Waals surface area contributed by atoms with E-state index in [4.69, 9.17) is 4.74 Å². The predicted octanol–water partition coefficient (Wildman–Crippen LogP) is 2.77. The van der Waals surface area contributed by atoms with Gasteiger partial charge in [0.15, 0.2) is 0 Å². The molecule has 0 radical (unpaired) electrons. The van der Waals surface area contributed by atoms with Crippen LogP contribution >= 0.6 is 0 Å². The number of benzene rings is 2. The van der Waals surface area contributed by atoms with Crippen LogP contribution in [0.25, 0.3) is 0 Å². The molecule has 1 aliphatic rings. The minimum absolute atomic E-state index is 0.119. The number of methoxy groups -OCH3 is 1. The Morgan fingerprint density at radius 2 is 1.59 bits per heavy atom. The highest BCUT2D eigenvalue weighted by atomic mass is 32.2. The Balaban J connectivity index is 2.07. The van der Waals surface area contributed by atoms with Gasteiger partial charge in [0.2, 0.25) is 11.8 Å². The van der Waals surface area contributed by atoms with Crippen LogP contribution in [0, 0.1) is 13.8 Å². The number of sulfonamides is 1. The molecular weight excluding hydrogens is 368 g/mol. The highest BCUT2D eigenvalue weighted by Gasteiger charge is 2.32. The second-order valence-electron chi connectivity index (χ2n) is 6.33. The van der Waals surface area contributed by atoms with Crippen molar-refractivity contribution in [3.8, 4) is 5.75 Å². The molecule has 3 rings (SSSR count). The van der Waals surface area contributed by atoms with Gasteiger partial charge in [-0.25, -0.2) is 8.42 Å². The van der Waals surface area contributed by atoms with Crippen molar-refractivity contribution >= 4 is 33.2 Å². The van der Waals surface area contributed by atoms with Gasteiger partial charge in [0.05, 0.1) is 18.5 Å². The van der Waals surface area contributed by atoms with Gasteiger partial charge >= 0.3 is 0 Å². The predicted molar refractivity (Wildman–Crippen MR) is 101 cm³/mol. The van der Waals surface area contributed by atoms with Crippen LogP contribution in [0.15, 0.2) is 41.3 Å². The molecule has 27 heavy (non-hydrogen) atoms. The Morgan fingerprint density at radius 1 is 1.00 bits per heavy atom. The molecule has 1 heterocycles. The second-order valence-corrected chi connectivity index (χ2v) is 7.98. The molecule has 2 aromatic rings. The monoisotopic (exact) mass is 388 g/mol. The molecule has 0 aromatic heterocycles. The summed E-state index contributed by atoms with van der Waals surface area (Å²) in [4.78, 5) is 24.8. The molecule has 8 heteroatoms. The molecule has 0 aliphatic carbocycles. The van der Waals surface area contributed by atoms with Crippen LogP contribution in [0.5, 0.6) is 5.75 Å². The molecular formula is C19H20N2O5S. The van der Waals surface area contributed by atoms with E-state index in [9.17, 15) is 18.0 Å². The van der Waals surface area contributed by atoms with Gasteiger partial charge in [0, 0.05) is 12.8 Å². The van der Waals surface area contributed by atoms with Crippen molar-refractivity contribution in [2.75, 3.05) is 16.7 Å². The van der Waals surface area contributed by atoms with E-state index in [1.165, 1.54) is 25.3 Å². The van der Waals surface area contributed by atoms with Crippen LogP contribution in [0.2, 0.25) is 0 Å². The molecule has 1 N–H and O–H groups in total. The van der Waals surface area contributed by atoms with E-state index in [0.717, 1.165) is 16.0 Å². The van der Waals surface area contributed by atoms with Gasteiger partial charge in [0.25, 0.3) is 10.0 Å². The third kappa shape index (κ3) is 3.52. The van der Waals surface area contributed by atoms with Crippen LogP contribution < -0.4 is 14.4 Å². The molecule has 1 aliphatic heterocycles. The molecule has 2 aromatic carbocycles. The van der Waals surface area contributed by atoms with E-state index in [-0.39, 0.29) is 41.0 Å². The van der Waals surface area contributed by atoms with Crippen LogP contribution in [0.3, 0.4) is 0 Å². The van der Waals surface area contributed by atoms with Crippen molar-refractivity contribution < 1.29 is 22.7 Å². The number of para-hydroxylation sites is 1. The van der Waals surface area contributed by atoms with Crippen molar-refractivity contribution in [3.05, 3.63) is 47.5 Å². The Morgan fingerprint density at radius 3 is 2.15 bits per heavy atom. The maximum atomic E-state index is 13.0. The second kappa shape index (κ2) is 7.03. The number of rotatable bonds is 5. The molecule has 2 amide bonds. The summed E-state index contributed by atoms with van der Waals surface area (Å²) in [6, 6.07) is 9.68. The largest absolute Gasteiger partial charge is 0.495 e. The van der Waals surface area contributed by atoms with E-state index in [2.05, 4.69) is 4.72 Å². The number of imide groups is 1. The van der Waals surface area contributed by atoms with E-state index in [1.54, 1.807) is 26.0 Å². The average molecular weight is 388 g/mol. The number of aryl methyl sites for hydroxylation is 2. The number of ether oxygens (including phenoxy) is 1. The Bertz CT molecular complexity index is 994. The van der Waals surface area contributed by atoms with Crippen LogP contribution in [0.1, 0.15) is 24.0 Å². The van der Waals surface area contributed by atoms with Crippen molar-refractivity contribution in [3.63, 3.8) is 0 Å². The lowest BCUT2D eigenvalue weighted by molar-refractivity contribution is -0.121. The number of amides is 2. The number of hydrogen-bond acceptors (Lipinski definition) is 5. The number of hydrogen-bond donors (Lipinski definition) is 1. The van der Waals surface area contributed by atoms with Gasteiger partial charge in [-0.15, -0.1) is 0 Å². The number of nitrogens with one attached hydrogen (secondary N) is 1. The summed E-state index contributed by atoms with van der Waals surface area (Å²) in [6.07, 6.45) is 0.237. The fraction of sp³-hybridized carbons (Fsp3) is 0.263. The van der Waals surface area contributed by atoms with Gasteiger partial charge < -0.3 is 4.74 Å². The normalized spacial score (nSPS) is 14.6. The average Bonchev–Trinajstić information content (AvgIpc) is 2.96. The fourth-order valence-corrected chi connectivity index (χ4v) is 4.44. The topological polar surface area (TPSA) is 92.8 Å². The molecule has 0 atom stereocenters. The van der Waals surface area contributed by atoms with E-state index < -0.39 is 10.0 Å². The zero-order valence-corrected chi connectivity index (χ0v) is 16.1. The summed E-state index contributed by atoms with van der Waals surface area (Å²) in [6.45, 7) is 3.61. The lowest BCUT2D eigenvalue weighted by Crippen LogP contribution is -2.29. The van der Waals surface area contributed by atoms with Crippen LogP contribution in [-0.2, 0) is 19.6 Å². The molecule has 0 saturated carbocycles. The van der Waals surface area contributed by atoms with E-state index >= 15 is 0 Å². The van der Waals surface area contributed by atoms with E-state index in [0.29, 0.717) is 5.69 Å². The third-order valence-electron chi connectivity index (χ3n) is 4.46. The molecule has 7 nitrogen and oxygen atoms in total. The van der Waals surface area contributed by atoms with Gasteiger partial charge in [-0.3, -0.25) is 19.2 Å². The first-order valence-electron chi connectivity index (χ1n) is 8.37. The number of carbonyl (C=O) groups is 2. The van der Waals surface area contributed by atoms with Crippen LogP contribution in [0.4, 0.5) is 11.4 Å². The number of carbonyl (C=O) groups excluding carboxylic acids is 2. The summed E-state index contributed by atoms with van der Waals surface area (Å²) in [7, 11) is -2.65. The maximum Gasteiger partial charge on any atom is 0.265 e. The smallest absolute Gasteiger partial charge is 0.265 e. The molecule has 0 spiro atoms. The zero-order chi connectivity index (χ0) is 19.8. The molecule has 0 bridgehead atoms. The van der Waals surface area contributed by atoms with Crippen LogP contribution in [-0.4, -0.2) is 27.3 Å². The Kier molecular flexibility index (Phi) is 4.93. The molecule has 0 unspecified atom stereocenters. The highest BCUT2D eigenvalue weighted by Crippen LogP contribution is 2.33. The lowest BCUT2D eigenvalue weighted by Gasteiger charge is -2.18. The minimum atomic E-state index is -4.01. The number of nitrogens with zero attached hydrogens (tertiary/aromatic N) is 1. The summed E-state index contributed by atoms with van der Waals surface area (Å²) in [5.41, 5.74) is 2.25. The van der Waals surface area contributed by atoms with E-state index in [1.807, 2.05) is 6.07 Å². The standard InChI is InChI=1S/C19H20N2O5S/c1-12-5-4-6-13(2)19(12)20-27(24,25)16-11-14(7-8-15(16)26-3)21-17(22)9-10-18(21)23/h4-8,11,20H,9-10H2,1-3H3. The maximum absolute atomic E-state index is 13.0. The van der Waals surface area contributed by atoms with Crippen molar-refractivity contribution in [2.24, 2.45) is 0 Å². The van der Waals surface area contributed by atoms with Gasteiger partial charge in [-0.1, -0.05) is 18.2 Å². The quantitative estimate of drug-likeness (QED) is 0.795. The molecule has 1 saturated heterocycles. The fourth-order valence-electron chi connectivity index (χ4n) is 3.04. The van der Waals surface area contributed by atoms with Gasteiger partial charge in [0.1, 0.15) is 10.6 Å². The number of anilines is 2. The van der Waals surface area contributed by atoms with Crippen molar-refractivity contribution in [1.29, 1.82) is 0 Å². The summed E-state index contributed by atoms with van der Waals surface area (Å²) in [5, 5.41) is 0. The SMILES string of the molecule is COc1ccc(N2C(=O)CCC2=O)cc1S(=O)(=O)Nc1c(C)cccc1C. The zero-order valence-electron chi connectivity index (χ0n) is 15.3. The first-order valence-corrected chi connectivity index (χ1v) is 9.86. The first-order chi connectivity index (χ1) is 12.7. The summed E-state index contributed by atoms with van der Waals surface area (Å²) < 4.78 is 33.9.